The summed E-state index contributed by atoms with van der Waals surface area (Å²) in [6.07, 6.45) is 0.712. The molecule has 9 nitrogen and oxygen atoms in total. The third kappa shape index (κ3) is 6.80. The first-order chi connectivity index (χ1) is 18.8. The molecule has 0 heterocycles. The van der Waals surface area contributed by atoms with Crippen molar-refractivity contribution >= 4 is 11.9 Å². The molecule has 0 radical (unpaired) electrons. The van der Waals surface area contributed by atoms with Crippen LogP contribution in [0, 0.1) is 0 Å². The van der Waals surface area contributed by atoms with Crippen molar-refractivity contribution in [1.82, 2.24) is 5.32 Å². The van der Waals surface area contributed by atoms with Crippen LogP contribution in [0.2, 0.25) is 0 Å². The van der Waals surface area contributed by atoms with Gasteiger partial charge in [-0.25, -0.2) is 4.79 Å². The van der Waals surface area contributed by atoms with Crippen molar-refractivity contribution in [2.75, 3.05) is 35.0 Å². The summed E-state index contributed by atoms with van der Waals surface area (Å²) in [4.78, 5) is 25.1. The number of benzene rings is 3. The topological polar surface area (TPSA) is 113 Å². The quantitative estimate of drug-likeness (QED) is 0.285. The molecule has 0 aliphatic heterocycles. The summed E-state index contributed by atoms with van der Waals surface area (Å²) >= 11 is 0. The summed E-state index contributed by atoms with van der Waals surface area (Å²) in [5, 5.41) is 13.5. The molecule has 0 aliphatic carbocycles. The molecule has 3 rings (SSSR count). The number of ether oxygens (including phenoxy) is 5. The number of rotatable bonds is 14. The number of esters is 1. The van der Waals surface area contributed by atoms with E-state index in [1.807, 2.05) is 49.4 Å². The highest BCUT2D eigenvalue weighted by Gasteiger charge is 2.35. The van der Waals surface area contributed by atoms with Gasteiger partial charge in [0.05, 0.1) is 40.5 Å². The number of carbonyl (C=O) groups is 2. The Morgan fingerprint density at radius 1 is 0.872 bits per heavy atom. The van der Waals surface area contributed by atoms with Gasteiger partial charge in [0.1, 0.15) is 12.4 Å². The number of carboxylic acid groups (broad SMARTS) is 1. The monoisotopic (exact) mass is 537 g/mol. The molecule has 0 amide bonds. The van der Waals surface area contributed by atoms with E-state index in [2.05, 4.69) is 5.32 Å². The summed E-state index contributed by atoms with van der Waals surface area (Å²) < 4.78 is 27.2. The highest BCUT2D eigenvalue weighted by Crippen LogP contribution is 2.45. The molecule has 39 heavy (non-hydrogen) atoms. The number of hydrogen-bond donors (Lipinski definition) is 2. The predicted molar refractivity (Wildman–Crippen MR) is 146 cm³/mol. The van der Waals surface area contributed by atoms with Crippen molar-refractivity contribution in [3.63, 3.8) is 0 Å². The van der Waals surface area contributed by atoms with Crippen LogP contribution in [-0.4, -0.2) is 52.0 Å². The van der Waals surface area contributed by atoms with Gasteiger partial charge in [0.2, 0.25) is 5.75 Å². The van der Waals surface area contributed by atoms with Crippen LogP contribution >= 0.6 is 0 Å². The van der Waals surface area contributed by atoms with E-state index in [9.17, 15) is 14.7 Å². The molecule has 0 fully saturated rings. The van der Waals surface area contributed by atoms with Crippen LogP contribution in [0.25, 0.3) is 0 Å². The molecule has 3 aromatic carbocycles. The molecule has 3 aromatic rings. The van der Waals surface area contributed by atoms with E-state index in [1.165, 1.54) is 27.4 Å². The second kappa shape index (κ2) is 13.5. The molecule has 0 bridgehead atoms. The van der Waals surface area contributed by atoms with Gasteiger partial charge >= 0.3 is 11.9 Å². The fraction of sp³-hybridized carbons (Fsp3) is 0.333. The smallest absolute Gasteiger partial charge is 0.336 e. The first kappa shape index (κ1) is 29.3. The molecule has 2 N–H and O–H groups in total. The second-order valence-electron chi connectivity index (χ2n) is 8.82. The minimum absolute atomic E-state index is 0.0159. The summed E-state index contributed by atoms with van der Waals surface area (Å²) in [6, 6.07) is 18.2. The number of methoxy groups -OCH3 is 4. The average Bonchev–Trinajstić information content (AvgIpc) is 2.98. The molecule has 9 heteroatoms. The highest BCUT2D eigenvalue weighted by molar-refractivity contribution is 5.92. The number of hydrogen-bond acceptors (Lipinski definition) is 8. The van der Waals surface area contributed by atoms with Gasteiger partial charge < -0.3 is 28.8 Å². The molecule has 0 aliphatic rings. The van der Waals surface area contributed by atoms with Crippen molar-refractivity contribution in [2.45, 2.75) is 31.9 Å². The average molecular weight is 538 g/mol. The lowest BCUT2D eigenvalue weighted by Crippen LogP contribution is -2.46. The summed E-state index contributed by atoms with van der Waals surface area (Å²) in [6.45, 7) is 1.98. The number of nitrogens with one attached hydrogen (secondary N) is 1. The number of aromatic carboxylic acids is 1. The van der Waals surface area contributed by atoms with Gasteiger partial charge in [-0.15, -0.1) is 0 Å². The maximum Gasteiger partial charge on any atom is 0.336 e. The van der Waals surface area contributed by atoms with Gasteiger partial charge in [0.25, 0.3) is 0 Å². The van der Waals surface area contributed by atoms with Crippen LogP contribution in [-0.2, 0) is 28.1 Å². The van der Waals surface area contributed by atoms with E-state index in [4.69, 9.17) is 23.7 Å². The summed E-state index contributed by atoms with van der Waals surface area (Å²) in [5.41, 5.74) is 1.30. The first-order valence-electron chi connectivity index (χ1n) is 12.5. The minimum Gasteiger partial charge on any atom is -0.497 e. The van der Waals surface area contributed by atoms with Gasteiger partial charge in [-0.2, -0.15) is 0 Å². The third-order valence-corrected chi connectivity index (χ3v) is 6.70. The van der Waals surface area contributed by atoms with E-state index in [0.717, 1.165) is 11.1 Å². The highest BCUT2D eigenvalue weighted by atomic mass is 16.5. The fourth-order valence-electron chi connectivity index (χ4n) is 4.54. The van der Waals surface area contributed by atoms with E-state index in [-0.39, 0.29) is 42.4 Å². The maximum atomic E-state index is 12.8. The molecule has 0 aromatic heterocycles. The standard InChI is InChI=1S/C30H35NO8/c1-6-30(21-10-8-7-9-11-21,31-18-26(32)39-19-20-12-14-22(35-2)15-13-20)17-24-23(29(33)34)16-25(36-3)28(38-5)27(24)37-4/h7-16,31H,6,17-19H2,1-5H3,(H,33,34)/t30-/m0/s1. The van der Waals surface area contributed by atoms with Crippen LogP contribution in [0.1, 0.15) is 40.4 Å². The van der Waals surface area contributed by atoms with Gasteiger partial charge in [0, 0.05) is 11.1 Å². The molecule has 0 unspecified atom stereocenters. The Labute approximate surface area is 228 Å². The molecule has 0 saturated heterocycles. The molecule has 0 spiro atoms. The Morgan fingerprint density at radius 2 is 1.54 bits per heavy atom. The Bertz CT molecular complexity index is 1260. The largest absolute Gasteiger partial charge is 0.497 e. The Balaban J connectivity index is 1.95. The van der Waals surface area contributed by atoms with Gasteiger partial charge in [-0.3, -0.25) is 10.1 Å². The Morgan fingerprint density at radius 3 is 2.08 bits per heavy atom. The predicted octanol–water partition coefficient (Wildman–Crippen LogP) is 4.60. The van der Waals surface area contributed by atoms with E-state index in [0.29, 0.717) is 17.7 Å². The Kier molecular flexibility index (Phi) is 10.2. The summed E-state index contributed by atoms with van der Waals surface area (Å²) in [7, 11) is 5.94. The van der Waals surface area contributed by atoms with Crippen molar-refractivity contribution in [2.24, 2.45) is 0 Å². The zero-order valence-corrected chi connectivity index (χ0v) is 22.9. The molecular formula is C30H35NO8. The van der Waals surface area contributed by atoms with Crippen molar-refractivity contribution in [3.8, 4) is 23.0 Å². The Hall–Kier alpha value is -4.24. The van der Waals surface area contributed by atoms with Crippen LogP contribution in [0.5, 0.6) is 23.0 Å². The first-order valence-corrected chi connectivity index (χ1v) is 12.5. The number of carboxylic acids is 1. The van der Waals surface area contributed by atoms with E-state index in [1.54, 1.807) is 19.2 Å². The lowest BCUT2D eigenvalue weighted by atomic mass is 9.80. The van der Waals surface area contributed by atoms with Crippen LogP contribution in [0.15, 0.2) is 60.7 Å². The van der Waals surface area contributed by atoms with Crippen molar-refractivity contribution in [1.29, 1.82) is 0 Å². The summed E-state index contributed by atoms with van der Waals surface area (Å²) in [5.74, 6) is -0.0802. The lowest BCUT2D eigenvalue weighted by molar-refractivity contribution is -0.144. The minimum atomic E-state index is -1.14. The van der Waals surface area contributed by atoms with Gasteiger partial charge in [-0.05, 0) is 42.2 Å². The van der Waals surface area contributed by atoms with Crippen molar-refractivity contribution < 1.29 is 38.4 Å². The molecule has 0 saturated carbocycles. The zero-order valence-electron chi connectivity index (χ0n) is 22.9. The fourth-order valence-corrected chi connectivity index (χ4v) is 4.54. The van der Waals surface area contributed by atoms with E-state index >= 15 is 0 Å². The zero-order chi connectivity index (χ0) is 28.4. The van der Waals surface area contributed by atoms with Crippen LogP contribution in [0.3, 0.4) is 0 Å². The van der Waals surface area contributed by atoms with Gasteiger partial charge in [0.15, 0.2) is 11.5 Å². The van der Waals surface area contributed by atoms with Crippen LogP contribution < -0.4 is 24.3 Å². The maximum absolute atomic E-state index is 12.8. The van der Waals surface area contributed by atoms with Crippen molar-refractivity contribution in [3.05, 3.63) is 82.9 Å². The third-order valence-electron chi connectivity index (χ3n) is 6.70. The molecule has 1 atom stereocenters. The van der Waals surface area contributed by atoms with Gasteiger partial charge in [-0.1, -0.05) is 49.4 Å². The van der Waals surface area contributed by atoms with Crippen LogP contribution in [0.4, 0.5) is 0 Å². The number of carbonyl (C=O) groups excluding carboxylic acids is 1. The molecular weight excluding hydrogens is 502 g/mol. The van der Waals surface area contributed by atoms with E-state index < -0.39 is 17.5 Å². The lowest BCUT2D eigenvalue weighted by Gasteiger charge is -2.36. The molecule has 208 valence electrons. The second-order valence-corrected chi connectivity index (χ2v) is 8.82. The SMILES string of the molecule is CC[C@@](Cc1c(C(=O)O)cc(OC)c(OC)c1OC)(NCC(=O)OCc1ccc(OC)cc1)c1ccccc1. The normalized spacial score (nSPS) is 12.2.